The Kier molecular flexibility index (Phi) is 3.55. The maximum absolute atomic E-state index is 11.2. The van der Waals surface area contributed by atoms with Gasteiger partial charge in [0.25, 0.3) is 0 Å². The molecule has 4 heteroatoms. The van der Waals surface area contributed by atoms with Crippen LogP contribution in [0, 0.1) is 0 Å². The van der Waals surface area contributed by atoms with Crippen molar-refractivity contribution >= 4 is 22.6 Å². The Bertz CT molecular complexity index is 520. The van der Waals surface area contributed by atoms with E-state index in [1.54, 1.807) is 13.1 Å². The van der Waals surface area contributed by atoms with Crippen LogP contribution in [-0.2, 0) is 9.53 Å². The summed E-state index contributed by atoms with van der Waals surface area (Å²) in [6.45, 7) is 2.31. The van der Waals surface area contributed by atoms with E-state index < -0.39 is 0 Å². The molecule has 1 aromatic carbocycles. The second kappa shape index (κ2) is 5.30. The molecule has 88 valence electrons. The SMILES string of the molecule is CCOC(=O)CNc1nccc2ccccc12. The van der Waals surface area contributed by atoms with Crippen molar-refractivity contribution in [2.45, 2.75) is 6.92 Å². The summed E-state index contributed by atoms with van der Waals surface area (Å²) in [6.07, 6.45) is 1.72. The van der Waals surface area contributed by atoms with E-state index in [-0.39, 0.29) is 12.5 Å². The molecular formula is C13H14N2O2. The highest BCUT2D eigenvalue weighted by molar-refractivity contribution is 5.92. The van der Waals surface area contributed by atoms with Crippen molar-refractivity contribution in [2.75, 3.05) is 18.5 Å². The molecule has 2 aromatic rings. The summed E-state index contributed by atoms with van der Waals surface area (Å²) in [5.74, 6) is 0.429. The number of esters is 1. The number of fused-ring (bicyclic) bond motifs is 1. The molecule has 0 spiro atoms. The Hall–Kier alpha value is -2.10. The summed E-state index contributed by atoms with van der Waals surface area (Å²) in [6, 6.07) is 9.82. The topological polar surface area (TPSA) is 51.2 Å². The molecule has 17 heavy (non-hydrogen) atoms. The van der Waals surface area contributed by atoms with Gasteiger partial charge in [-0.1, -0.05) is 24.3 Å². The van der Waals surface area contributed by atoms with Crippen LogP contribution in [0.1, 0.15) is 6.92 Å². The van der Waals surface area contributed by atoms with Gasteiger partial charge in [-0.2, -0.15) is 0 Å². The van der Waals surface area contributed by atoms with Crippen molar-refractivity contribution in [3.05, 3.63) is 36.5 Å². The molecule has 0 radical (unpaired) electrons. The fraction of sp³-hybridized carbons (Fsp3) is 0.231. The van der Waals surface area contributed by atoms with Gasteiger partial charge in [0, 0.05) is 11.6 Å². The van der Waals surface area contributed by atoms with Gasteiger partial charge in [0.05, 0.1) is 6.61 Å². The van der Waals surface area contributed by atoms with Crippen molar-refractivity contribution < 1.29 is 9.53 Å². The van der Waals surface area contributed by atoms with Crippen LogP contribution in [-0.4, -0.2) is 24.1 Å². The average molecular weight is 230 g/mol. The largest absolute Gasteiger partial charge is 0.465 e. The zero-order valence-electron chi connectivity index (χ0n) is 9.64. The Labute approximate surface area is 99.6 Å². The summed E-state index contributed by atoms with van der Waals surface area (Å²) in [5, 5.41) is 5.08. The van der Waals surface area contributed by atoms with E-state index in [4.69, 9.17) is 4.74 Å². The molecule has 0 aliphatic rings. The first kappa shape index (κ1) is 11.4. The lowest BCUT2D eigenvalue weighted by atomic mass is 10.1. The third-order valence-corrected chi connectivity index (χ3v) is 2.38. The number of aromatic nitrogens is 1. The van der Waals surface area contributed by atoms with Crippen molar-refractivity contribution in [3.63, 3.8) is 0 Å². The number of benzene rings is 1. The Morgan fingerprint density at radius 3 is 3.00 bits per heavy atom. The standard InChI is InChI=1S/C13H14N2O2/c1-2-17-12(16)9-15-13-11-6-4-3-5-10(11)7-8-14-13/h3-8H,2,9H2,1H3,(H,14,15). The molecule has 0 bridgehead atoms. The molecule has 0 atom stereocenters. The van der Waals surface area contributed by atoms with E-state index >= 15 is 0 Å². The molecule has 0 aliphatic heterocycles. The average Bonchev–Trinajstić information content (AvgIpc) is 2.36. The zero-order valence-corrected chi connectivity index (χ0v) is 9.64. The molecule has 1 N–H and O–H groups in total. The van der Waals surface area contributed by atoms with Crippen LogP contribution in [0.2, 0.25) is 0 Å². The van der Waals surface area contributed by atoms with E-state index in [0.29, 0.717) is 12.4 Å². The number of nitrogens with one attached hydrogen (secondary N) is 1. The Morgan fingerprint density at radius 2 is 2.18 bits per heavy atom. The fourth-order valence-electron chi connectivity index (χ4n) is 1.63. The molecule has 0 fully saturated rings. The van der Waals surface area contributed by atoms with Crippen LogP contribution >= 0.6 is 0 Å². The molecule has 4 nitrogen and oxygen atoms in total. The van der Waals surface area contributed by atoms with Crippen molar-refractivity contribution in [2.24, 2.45) is 0 Å². The first-order valence-corrected chi connectivity index (χ1v) is 5.54. The zero-order chi connectivity index (χ0) is 12.1. The van der Waals surface area contributed by atoms with Crippen LogP contribution in [0.4, 0.5) is 5.82 Å². The highest BCUT2D eigenvalue weighted by atomic mass is 16.5. The third kappa shape index (κ3) is 2.72. The number of carbonyl (C=O) groups is 1. The Morgan fingerprint density at radius 1 is 1.35 bits per heavy atom. The second-order valence-electron chi connectivity index (χ2n) is 3.54. The minimum Gasteiger partial charge on any atom is -0.465 e. The van der Waals surface area contributed by atoms with E-state index in [9.17, 15) is 4.79 Å². The summed E-state index contributed by atoms with van der Waals surface area (Å²) < 4.78 is 4.85. The summed E-state index contributed by atoms with van der Waals surface area (Å²) in [7, 11) is 0. The molecule has 2 rings (SSSR count). The molecule has 0 saturated carbocycles. The number of hydrogen-bond acceptors (Lipinski definition) is 4. The van der Waals surface area contributed by atoms with Crippen molar-refractivity contribution in [1.29, 1.82) is 0 Å². The molecule has 0 aliphatic carbocycles. The highest BCUT2D eigenvalue weighted by Gasteiger charge is 2.04. The fourth-order valence-corrected chi connectivity index (χ4v) is 1.63. The first-order chi connectivity index (χ1) is 8.31. The lowest BCUT2D eigenvalue weighted by Crippen LogP contribution is -2.17. The van der Waals surface area contributed by atoms with Crippen molar-refractivity contribution in [3.8, 4) is 0 Å². The Balaban J connectivity index is 2.16. The molecular weight excluding hydrogens is 216 g/mol. The maximum atomic E-state index is 11.2. The van der Waals surface area contributed by atoms with Gasteiger partial charge in [-0.15, -0.1) is 0 Å². The van der Waals surface area contributed by atoms with Gasteiger partial charge < -0.3 is 10.1 Å². The predicted octanol–water partition coefficient (Wildman–Crippen LogP) is 2.21. The molecule has 0 saturated heterocycles. The smallest absolute Gasteiger partial charge is 0.325 e. The number of pyridine rings is 1. The molecule has 0 amide bonds. The minimum atomic E-state index is -0.276. The van der Waals surface area contributed by atoms with E-state index in [0.717, 1.165) is 10.8 Å². The first-order valence-electron chi connectivity index (χ1n) is 5.54. The van der Waals surface area contributed by atoms with Gasteiger partial charge in [0.15, 0.2) is 0 Å². The van der Waals surface area contributed by atoms with Gasteiger partial charge in [0.1, 0.15) is 12.4 Å². The minimum absolute atomic E-state index is 0.134. The molecule has 0 unspecified atom stereocenters. The number of hydrogen-bond donors (Lipinski definition) is 1. The van der Waals surface area contributed by atoms with Crippen LogP contribution in [0.3, 0.4) is 0 Å². The predicted molar refractivity (Wildman–Crippen MR) is 66.9 cm³/mol. The van der Waals surface area contributed by atoms with Gasteiger partial charge >= 0.3 is 5.97 Å². The van der Waals surface area contributed by atoms with Crippen LogP contribution in [0.15, 0.2) is 36.5 Å². The monoisotopic (exact) mass is 230 g/mol. The second-order valence-corrected chi connectivity index (χ2v) is 3.54. The molecule has 1 aromatic heterocycles. The van der Waals surface area contributed by atoms with Crippen molar-refractivity contribution in [1.82, 2.24) is 4.98 Å². The van der Waals surface area contributed by atoms with Gasteiger partial charge in [0.2, 0.25) is 0 Å². The van der Waals surface area contributed by atoms with Crippen LogP contribution < -0.4 is 5.32 Å². The van der Waals surface area contributed by atoms with E-state index in [1.165, 1.54) is 0 Å². The highest BCUT2D eigenvalue weighted by Crippen LogP contribution is 2.19. The van der Waals surface area contributed by atoms with Gasteiger partial charge in [-0.05, 0) is 18.4 Å². The third-order valence-electron chi connectivity index (χ3n) is 2.38. The number of ether oxygens (including phenoxy) is 1. The number of anilines is 1. The van der Waals surface area contributed by atoms with E-state index in [2.05, 4.69) is 10.3 Å². The van der Waals surface area contributed by atoms with Crippen LogP contribution in [0.5, 0.6) is 0 Å². The van der Waals surface area contributed by atoms with Gasteiger partial charge in [-0.3, -0.25) is 4.79 Å². The normalized spacial score (nSPS) is 10.2. The number of rotatable bonds is 4. The lowest BCUT2D eigenvalue weighted by Gasteiger charge is -2.07. The molecule has 1 heterocycles. The summed E-state index contributed by atoms with van der Waals surface area (Å²) in [4.78, 5) is 15.5. The summed E-state index contributed by atoms with van der Waals surface area (Å²) in [5.41, 5.74) is 0. The van der Waals surface area contributed by atoms with E-state index in [1.807, 2.05) is 30.3 Å². The summed E-state index contributed by atoms with van der Waals surface area (Å²) >= 11 is 0. The van der Waals surface area contributed by atoms with Gasteiger partial charge in [-0.25, -0.2) is 4.98 Å². The lowest BCUT2D eigenvalue weighted by molar-refractivity contribution is -0.140. The quantitative estimate of drug-likeness (QED) is 0.818. The number of carbonyl (C=O) groups excluding carboxylic acids is 1. The maximum Gasteiger partial charge on any atom is 0.325 e. The number of nitrogens with zero attached hydrogens (tertiary/aromatic N) is 1. The van der Waals surface area contributed by atoms with Crippen LogP contribution in [0.25, 0.3) is 10.8 Å².